The highest BCUT2D eigenvalue weighted by atomic mass is 16.5. The van der Waals surface area contributed by atoms with E-state index in [1.54, 1.807) is 0 Å². The van der Waals surface area contributed by atoms with Crippen molar-refractivity contribution in [2.24, 2.45) is 0 Å². The monoisotopic (exact) mass is 226 g/mol. The Kier molecular flexibility index (Phi) is 4.83. The van der Waals surface area contributed by atoms with Crippen molar-refractivity contribution in [1.82, 2.24) is 0 Å². The Labute approximate surface area is 105 Å². The van der Waals surface area contributed by atoms with Crippen molar-refractivity contribution < 1.29 is 4.74 Å². The SMILES string of the molecule is C.CB(C)c1cccc(Oc2ccccc2)c1. The third-order valence-electron chi connectivity index (χ3n) is 2.50. The molecular formula is C15H19BO. The molecule has 0 spiro atoms. The molecule has 88 valence electrons. The summed E-state index contributed by atoms with van der Waals surface area (Å²) in [4.78, 5) is 0. The third-order valence-corrected chi connectivity index (χ3v) is 2.50. The number of hydrogen-bond donors (Lipinski definition) is 0. The Balaban J connectivity index is 0.00000144. The maximum atomic E-state index is 5.77. The predicted molar refractivity (Wildman–Crippen MR) is 76.8 cm³/mol. The number of hydrogen-bond acceptors (Lipinski definition) is 1. The molecule has 0 aliphatic heterocycles. The Morgan fingerprint density at radius 1 is 0.824 bits per heavy atom. The molecule has 2 aromatic rings. The van der Waals surface area contributed by atoms with Crippen LogP contribution in [-0.4, -0.2) is 6.71 Å². The van der Waals surface area contributed by atoms with Crippen molar-refractivity contribution >= 4 is 12.2 Å². The normalized spacial score (nSPS) is 9.29. The van der Waals surface area contributed by atoms with Crippen LogP contribution in [0.5, 0.6) is 11.5 Å². The molecule has 2 heteroatoms. The third kappa shape index (κ3) is 3.67. The molecule has 0 radical (unpaired) electrons. The van der Waals surface area contributed by atoms with Gasteiger partial charge in [0.25, 0.3) is 0 Å². The first-order chi connectivity index (χ1) is 7.75. The summed E-state index contributed by atoms with van der Waals surface area (Å²) in [5.41, 5.74) is 1.30. The van der Waals surface area contributed by atoms with Gasteiger partial charge in [-0.25, -0.2) is 0 Å². The molecule has 0 unspecified atom stereocenters. The Morgan fingerprint density at radius 2 is 1.47 bits per heavy atom. The highest BCUT2D eigenvalue weighted by Crippen LogP contribution is 2.19. The highest BCUT2D eigenvalue weighted by molar-refractivity contribution is 6.70. The Hall–Kier alpha value is -1.70. The van der Waals surface area contributed by atoms with E-state index in [0.29, 0.717) is 6.71 Å². The van der Waals surface area contributed by atoms with Crippen LogP contribution < -0.4 is 10.2 Å². The average Bonchev–Trinajstić information content (AvgIpc) is 2.30. The van der Waals surface area contributed by atoms with Crippen molar-refractivity contribution in [3.63, 3.8) is 0 Å². The van der Waals surface area contributed by atoms with Gasteiger partial charge in [0.1, 0.15) is 11.5 Å². The van der Waals surface area contributed by atoms with E-state index in [-0.39, 0.29) is 7.43 Å². The average molecular weight is 226 g/mol. The molecular weight excluding hydrogens is 207 g/mol. The first-order valence-electron chi connectivity index (χ1n) is 5.58. The molecule has 0 amide bonds. The molecule has 0 aromatic heterocycles. The Morgan fingerprint density at radius 3 is 2.12 bits per heavy atom. The second kappa shape index (κ2) is 6.14. The maximum absolute atomic E-state index is 5.77. The molecule has 0 atom stereocenters. The second-order valence-electron chi connectivity index (χ2n) is 4.14. The van der Waals surface area contributed by atoms with Crippen LogP contribution in [0.3, 0.4) is 0 Å². The lowest BCUT2D eigenvalue weighted by Crippen LogP contribution is -2.21. The van der Waals surface area contributed by atoms with Crippen LogP contribution in [0, 0.1) is 0 Å². The molecule has 2 aromatic carbocycles. The van der Waals surface area contributed by atoms with Crippen molar-refractivity contribution in [1.29, 1.82) is 0 Å². The minimum Gasteiger partial charge on any atom is -0.457 e. The van der Waals surface area contributed by atoms with Crippen LogP contribution in [0.15, 0.2) is 54.6 Å². The summed E-state index contributed by atoms with van der Waals surface area (Å²) in [6.07, 6.45) is 0. The zero-order valence-corrected chi connectivity index (χ0v) is 9.68. The predicted octanol–water partition coefficient (Wildman–Crippen LogP) is 4.08. The van der Waals surface area contributed by atoms with Crippen LogP contribution in [0.4, 0.5) is 0 Å². The molecule has 1 nitrogen and oxygen atoms in total. The largest absolute Gasteiger partial charge is 0.457 e. The number of ether oxygens (including phenoxy) is 1. The van der Waals surface area contributed by atoms with Gasteiger partial charge in [-0.1, -0.05) is 56.9 Å². The Bertz CT molecular complexity index is 451. The summed E-state index contributed by atoms with van der Waals surface area (Å²) in [5.74, 6) is 1.78. The number of para-hydroxylation sites is 1. The van der Waals surface area contributed by atoms with E-state index < -0.39 is 0 Å². The standard InChI is InChI=1S/C14H15BO.CH4/c1-15(2)12-7-6-10-14(11-12)16-13-8-4-3-5-9-13;/h3-11H,1-2H3;1H4. The van der Waals surface area contributed by atoms with Gasteiger partial charge in [-0.3, -0.25) is 0 Å². The van der Waals surface area contributed by atoms with Gasteiger partial charge >= 0.3 is 0 Å². The fourth-order valence-corrected chi connectivity index (χ4v) is 1.56. The maximum Gasteiger partial charge on any atom is 0.169 e. The first kappa shape index (κ1) is 13.4. The van der Waals surface area contributed by atoms with E-state index in [1.807, 2.05) is 42.5 Å². The van der Waals surface area contributed by atoms with E-state index in [9.17, 15) is 0 Å². The van der Waals surface area contributed by atoms with Crippen LogP contribution in [0.2, 0.25) is 13.6 Å². The molecule has 0 saturated carbocycles. The van der Waals surface area contributed by atoms with E-state index in [1.165, 1.54) is 5.46 Å². The molecule has 0 saturated heterocycles. The summed E-state index contributed by atoms with van der Waals surface area (Å²) in [7, 11) is 0. The van der Waals surface area contributed by atoms with Crippen molar-refractivity contribution in [3.8, 4) is 11.5 Å². The van der Waals surface area contributed by atoms with Crippen molar-refractivity contribution in [3.05, 3.63) is 54.6 Å². The summed E-state index contributed by atoms with van der Waals surface area (Å²) < 4.78 is 5.77. The fourth-order valence-electron chi connectivity index (χ4n) is 1.56. The summed E-state index contributed by atoms with van der Waals surface area (Å²) in [6, 6.07) is 18.1. The molecule has 2 rings (SSSR count). The molecule has 0 heterocycles. The summed E-state index contributed by atoms with van der Waals surface area (Å²) in [6.45, 7) is 4.89. The lowest BCUT2D eigenvalue weighted by molar-refractivity contribution is 0.483. The van der Waals surface area contributed by atoms with Crippen molar-refractivity contribution in [2.75, 3.05) is 0 Å². The molecule has 0 fully saturated rings. The van der Waals surface area contributed by atoms with Gasteiger partial charge < -0.3 is 4.74 Å². The number of benzene rings is 2. The molecule has 0 aliphatic rings. The van der Waals surface area contributed by atoms with Gasteiger partial charge in [-0.15, -0.1) is 0 Å². The van der Waals surface area contributed by atoms with E-state index in [4.69, 9.17) is 4.74 Å². The zero-order chi connectivity index (χ0) is 11.4. The van der Waals surface area contributed by atoms with Gasteiger partial charge in [0.05, 0.1) is 0 Å². The first-order valence-corrected chi connectivity index (χ1v) is 5.58. The van der Waals surface area contributed by atoms with E-state index in [0.717, 1.165) is 11.5 Å². The van der Waals surface area contributed by atoms with Gasteiger partial charge in [0.2, 0.25) is 0 Å². The molecule has 0 aliphatic carbocycles. The van der Waals surface area contributed by atoms with Crippen LogP contribution in [0.25, 0.3) is 0 Å². The molecule has 0 N–H and O–H groups in total. The summed E-state index contributed by atoms with van der Waals surface area (Å²) in [5, 5.41) is 0. The second-order valence-corrected chi connectivity index (χ2v) is 4.14. The quantitative estimate of drug-likeness (QED) is 0.716. The number of rotatable bonds is 3. The van der Waals surface area contributed by atoms with Gasteiger partial charge in [0.15, 0.2) is 6.71 Å². The topological polar surface area (TPSA) is 9.23 Å². The zero-order valence-electron chi connectivity index (χ0n) is 9.68. The van der Waals surface area contributed by atoms with Crippen LogP contribution >= 0.6 is 0 Å². The minimum absolute atomic E-state index is 0. The van der Waals surface area contributed by atoms with Gasteiger partial charge in [-0.2, -0.15) is 0 Å². The highest BCUT2D eigenvalue weighted by Gasteiger charge is 2.04. The van der Waals surface area contributed by atoms with E-state index >= 15 is 0 Å². The molecule has 17 heavy (non-hydrogen) atoms. The van der Waals surface area contributed by atoms with Gasteiger partial charge in [-0.05, 0) is 24.3 Å². The minimum atomic E-state index is 0. The van der Waals surface area contributed by atoms with Crippen molar-refractivity contribution in [2.45, 2.75) is 21.1 Å². The lowest BCUT2D eigenvalue weighted by atomic mass is 9.49. The van der Waals surface area contributed by atoms with Gasteiger partial charge in [0, 0.05) is 0 Å². The molecule has 0 bridgehead atoms. The van der Waals surface area contributed by atoms with Crippen LogP contribution in [-0.2, 0) is 0 Å². The van der Waals surface area contributed by atoms with Crippen LogP contribution in [0.1, 0.15) is 7.43 Å². The summed E-state index contributed by atoms with van der Waals surface area (Å²) >= 11 is 0. The smallest absolute Gasteiger partial charge is 0.169 e. The van der Waals surface area contributed by atoms with E-state index in [2.05, 4.69) is 25.8 Å². The fraction of sp³-hybridized carbons (Fsp3) is 0.200. The lowest BCUT2D eigenvalue weighted by Gasteiger charge is -2.08.